The van der Waals surface area contributed by atoms with Crippen molar-refractivity contribution in [2.45, 2.75) is 9.79 Å². The van der Waals surface area contributed by atoms with E-state index < -0.39 is 9.85 Å². The van der Waals surface area contributed by atoms with Crippen molar-refractivity contribution in [2.24, 2.45) is 0 Å². The summed E-state index contributed by atoms with van der Waals surface area (Å²) >= 11 is 12.7. The quantitative estimate of drug-likeness (QED) is 0.486. The maximum absolute atomic E-state index is 11.1. The second kappa shape index (κ2) is 6.39. The van der Waals surface area contributed by atoms with Crippen LogP contribution < -0.4 is 5.73 Å². The van der Waals surface area contributed by atoms with E-state index >= 15 is 0 Å². The van der Waals surface area contributed by atoms with Gasteiger partial charge in [-0.25, -0.2) is 0 Å². The van der Waals surface area contributed by atoms with Crippen molar-refractivity contribution in [3.8, 4) is 0 Å². The van der Waals surface area contributed by atoms with Crippen molar-refractivity contribution < 1.29 is 9.85 Å². The van der Waals surface area contributed by atoms with Gasteiger partial charge in [-0.2, -0.15) is 0 Å². The van der Waals surface area contributed by atoms with Crippen molar-refractivity contribution in [3.63, 3.8) is 0 Å². The van der Waals surface area contributed by atoms with Gasteiger partial charge in [0.15, 0.2) is 0 Å². The Morgan fingerprint density at radius 1 is 1.00 bits per heavy atom. The van der Waals surface area contributed by atoms with E-state index in [0.717, 1.165) is 17.8 Å². The lowest BCUT2D eigenvalue weighted by Crippen LogP contribution is -1.95. The number of benzene rings is 2. The first-order valence-electron chi connectivity index (χ1n) is 5.65. The second-order valence-corrected chi connectivity index (χ2v) is 5.91. The molecule has 0 saturated heterocycles. The zero-order valence-electron chi connectivity index (χ0n) is 10.7. The Labute approximate surface area is 138 Å². The molecule has 22 heavy (non-hydrogen) atoms. The Hall–Kier alpha value is -2.03. The number of anilines is 1. The number of hydrogen-bond acceptors (Lipinski definition) is 6. The number of non-ortho nitro benzene ring substituents is 1. The molecule has 0 aliphatic heterocycles. The Balaban J connectivity index is 2.48. The SMILES string of the molecule is Nc1c(Sc2ccc([N+](=O)[O-])cc2[N+](=O)[O-])ccc(Cl)c1Cl. The largest absolute Gasteiger partial charge is 0.397 e. The molecule has 0 aliphatic rings. The Morgan fingerprint density at radius 3 is 2.23 bits per heavy atom. The zero-order chi connectivity index (χ0) is 16.4. The van der Waals surface area contributed by atoms with Crippen LogP contribution in [0.1, 0.15) is 0 Å². The maximum atomic E-state index is 11.1. The summed E-state index contributed by atoms with van der Waals surface area (Å²) in [5.41, 5.74) is 5.26. The molecule has 7 nitrogen and oxygen atoms in total. The van der Waals surface area contributed by atoms with Crippen molar-refractivity contribution in [1.29, 1.82) is 0 Å². The van der Waals surface area contributed by atoms with E-state index in [0.29, 0.717) is 4.90 Å². The fourth-order valence-corrected chi connectivity index (χ4v) is 2.95. The van der Waals surface area contributed by atoms with Gasteiger partial charge in [-0.05, 0) is 18.2 Å². The highest BCUT2D eigenvalue weighted by atomic mass is 35.5. The van der Waals surface area contributed by atoms with Crippen molar-refractivity contribution >= 4 is 52.0 Å². The Kier molecular flexibility index (Phi) is 4.74. The average Bonchev–Trinajstić information content (AvgIpc) is 2.47. The summed E-state index contributed by atoms with van der Waals surface area (Å²) in [6.07, 6.45) is 0. The molecule has 2 rings (SSSR count). The fourth-order valence-electron chi connectivity index (χ4n) is 1.60. The molecule has 0 spiro atoms. The average molecular weight is 360 g/mol. The summed E-state index contributed by atoms with van der Waals surface area (Å²) in [7, 11) is 0. The summed E-state index contributed by atoms with van der Waals surface area (Å²) < 4.78 is 0. The van der Waals surface area contributed by atoms with Crippen LogP contribution in [0.15, 0.2) is 40.1 Å². The molecule has 0 aliphatic carbocycles. The van der Waals surface area contributed by atoms with Gasteiger partial charge in [0.25, 0.3) is 11.4 Å². The summed E-state index contributed by atoms with van der Waals surface area (Å²) in [6.45, 7) is 0. The van der Waals surface area contributed by atoms with E-state index in [2.05, 4.69) is 0 Å². The lowest BCUT2D eigenvalue weighted by atomic mass is 10.3. The predicted octanol–water partition coefficient (Wildman–Crippen LogP) is 4.54. The molecular formula is C12H7Cl2N3O4S. The number of hydrogen-bond donors (Lipinski definition) is 1. The third-order valence-corrected chi connectivity index (χ3v) is 4.62. The normalized spacial score (nSPS) is 10.5. The van der Waals surface area contributed by atoms with Crippen molar-refractivity contribution in [2.75, 3.05) is 5.73 Å². The minimum Gasteiger partial charge on any atom is -0.397 e. The molecule has 0 atom stereocenters. The molecule has 0 fully saturated rings. The number of nitrogens with two attached hydrogens (primary N) is 1. The molecule has 2 aromatic carbocycles. The van der Waals surface area contributed by atoms with E-state index in [4.69, 9.17) is 28.9 Å². The van der Waals surface area contributed by atoms with Gasteiger partial charge in [0.05, 0.1) is 36.5 Å². The number of rotatable bonds is 4. The minimum atomic E-state index is -0.699. The number of halogens is 2. The molecule has 0 saturated carbocycles. The smallest absolute Gasteiger partial charge is 0.290 e. The molecule has 0 heterocycles. The van der Waals surface area contributed by atoms with Gasteiger partial charge in [0.2, 0.25) is 0 Å². The number of nitrogen functional groups attached to an aromatic ring is 1. The Morgan fingerprint density at radius 2 is 1.64 bits per heavy atom. The highest BCUT2D eigenvalue weighted by Gasteiger charge is 2.21. The maximum Gasteiger partial charge on any atom is 0.290 e. The lowest BCUT2D eigenvalue weighted by Gasteiger charge is -2.08. The van der Waals surface area contributed by atoms with Crippen molar-refractivity contribution in [1.82, 2.24) is 0 Å². The van der Waals surface area contributed by atoms with E-state index in [1.807, 2.05) is 0 Å². The minimum absolute atomic E-state index is 0.149. The molecule has 2 N–H and O–H groups in total. The van der Waals surface area contributed by atoms with E-state index in [9.17, 15) is 20.2 Å². The van der Waals surface area contributed by atoms with Gasteiger partial charge < -0.3 is 5.73 Å². The van der Waals surface area contributed by atoms with E-state index in [1.54, 1.807) is 6.07 Å². The van der Waals surface area contributed by atoms with Gasteiger partial charge >= 0.3 is 0 Å². The molecule has 0 radical (unpaired) electrons. The van der Waals surface area contributed by atoms with Crippen LogP contribution in [-0.2, 0) is 0 Å². The van der Waals surface area contributed by atoms with Gasteiger partial charge in [0.1, 0.15) is 0 Å². The molecule has 0 bridgehead atoms. The number of nitro groups is 2. The van der Waals surface area contributed by atoms with E-state index in [1.165, 1.54) is 18.2 Å². The van der Waals surface area contributed by atoms with Gasteiger partial charge in [-0.15, -0.1) is 0 Å². The molecule has 0 amide bonds. The first-order chi connectivity index (χ1) is 10.3. The van der Waals surface area contributed by atoms with Crippen LogP contribution in [-0.4, -0.2) is 9.85 Å². The van der Waals surface area contributed by atoms with Crippen LogP contribution in [0.25, 0.3) is 0 Å². The van der Waals surface area contributed by atoms with Crippen LogP contribution in [0.5, 0.6) is 0 Å². The topological polar surface area (TPSA) is 112 Å². The first kappa shape index (κ1) is 16.3. The third kappa shape index (κ3) is 3.24. The van der Waals surface area contributed by atoms with Crippen LogP contribution in [0.2, 0.25) is 10.0 Å². The van der Waals surface area contributed by atoms with E-state index in [-0.39, 0.29) is 32.0 Å². The number of nitro benzene ring substituents is 2. The highest BCUT2D eigenvalue weighted by Crippen LogP contribution is 2.42. The molecule has 2 aromatic rings. The van der Waals surface area contributed by atoms with Crippen LogP contribution in [0.3, 0.4) is 0 Å². The fraction of sp³-hybridized carbons (Fsp3) is 0. The lowest BCUT2D eigenvalue weighted by molar-refractivity contribution is -0.396. The molecular weight excluding hydrogens is 353 g/mol. The molecule has 0 unspecified atom stereocenters. The summed E-state index contributed by atoms with van der Waals surface area (Å²) in [5, 5.41) is 22.2. The van der Waals surface area contributed by atoms with Gasteiger partial charge in [-0.3, -0.25) is 20.2 Å². The van der Waals surface area contributed by atoms with Gasteiger partial charge in [-0.1, -0.05) is 35.0 Å². The van der Waals surface area contributed by atoms with Gasteiger partial charge in [0, 0.05) is 11.0 Å². The summed E-state index contributed by atoms with van der Waals surface area (Å²) in [4.78, 5) is 21.1. The zero-order valence-corrected chi connectivity index (χ0v) is 13.0. The predicted molar refractivity (Wildman–Crippen MR) is 84.7 cm³/mol. The molecule has 114 valence electrons. The van der Waals surface area contributed by atoms with Crippen LogP contribution in [0.4, 0.5) is 17.1 Å². The third-order valence-electron chi connectivity index (χ3n) is 2.66. The van der Waals surface area contributed by atoms with Crippen LogP contribution >= 0.6 is 35.0 Å². The van der Waals surface area contributed by atoms with Crippen LogP contribution in [0, 0.1) is 20.2 Å². The highest BCUT2D eigenvalue weighted by molar-refractivity contribution is 7.99. The second-order valence-electron chi connectivity index (χ2n) is 4.04. The standard InChI is InChI=1S/C12H7Cl2N3O4S/c13-7-2-4-10(12(15)11(7)14)22-9-3-1-6(16(18)19)5-8(9)17(20)21/h1-5H,15H2. The van der Waals surface area contributed by atoms with Crippen molar-refractivity contribution in [3.05, 3.63) is 60.6 Å². The monoisotopic (exact) mass is 359 g/mol. The molecule has 0 aromatic heterocycles. The Bertz CT molecular complexity index is 785. The summed E-state index contributed by atoms with van der Waals surface area (Å²) in [5.74, 6) is 0. The molecule has 10 heteroatoms. The number of nitrogens with zero attached hydrogens (tertiary/aromatic N) is 2. The summed E-state index contributed by atoms with van der Waals surface area (Å²) in [6, 6.07) is 6.46. The first-order valence-corrected chi connectivity index (χ1v) is 7.22.